The first-order valence-corrected chi connectivity index (χ1v) is 6.82. The van der Waals surface area contributed by atoms with Crippen molar-refractivity contribution in [3.8, 4) is 0 Å². The van der Waals surface area contributed by atoms with Gasteiger partial charge in [-0.1, -0.05) is 18.9 Å². The second kappa shape index (κ2) is 5.61. The van der Waals surface area contributed by atoms with E-state index in [-0.39, 0.29) is 11.9 Å². The molecule has 0 bridgehead atoms. The molecule has 0 heterocycles. The molecule has 104 valence electrons. The maximum Gasteiger partial charge on any atom is 0.254 e. The minimum absolute atomic E-state index is 0.0595. The molecule has 4 heteroatoms. The van der Waals surface area contributed by atoms with Gasteiger partial charge in [0.15, 0.2) is 0 Å². The molecule has 1 fully saturated rings. The second-order valence-corrected chi connectivity index (χ2v) is 5.41. The van der Waals surface area contributed by atoms with Gasteiger partial charge in [0.25, 0.3) is 5.91 Å². The van der Waals surface area contributed by atoms with Crippen LogP contribution in [0.25, 0.3) is 0 Å². The van der Waals surface area contributed by atoms with Crippen LogP contribution in [0.2, 0.25) is 0 Å². The molecule has 1 aromatic carbocycles. The number of hydrogen-bond acceptors (Lipinski definition) is 3. The lowest BCUT2D eigenvalue weighted by Crippen LogP contribution is -2.46. The van der Waals surface area contributed by atoms with Gasteiger partial charge in [0.2, 0.25) is 0 Å². The molecule has 1 aliphatic carbocycles. The van der Waals surface area contributed by atoms with E-state index < -0.39 is 6.10 Å². The van der Waals surface area contributed by atoms with Crippen molar-refractivity contribution in [3.05, 3.63) is 29.3 Å². The first-order chi connectivity index (χ1) is 9.00. The quantitative estimate of drug-likeness (QED) is 0.801. The normalized spacial score (nSPS) is 23.1. The zero-order valence-corrected chi connectivity index (χ0v) is 11.6. The summed E-state index contributed by atoms with van der Waals surface area (Å²) in [5.74, 6) is -0.0595. The molecule has 1 amide bonds. The van der Waals surface area contributed by atoms with Crippen LogP contribution in [-0.4, -0.2) is 35.1 Å². The lowest BCUT2D eigenvalue weighted by Gasteiger charge is -2.35. The van der Waals surface area contributed by atoms with Crippen LogP contribution in [-0.2, 0) is 0 Å². The van der Waals surface area contributed by atoms with Crippen molar-refractivity contribution in [1.82, 2.24) is 4.90 Å². The molecule has 1 saturated carbocycles. The SMILES string of the molecule is Cc1ccc(N)cc1C(=O)N(C)C1CCCCC1O. The number of amides is 1. The predicted octanol–water partition coefficient (Wildman–Crippen LogP) is 1.95. The predicted molar refractivity (Wildman–Crippen MR) is 75.9 cm³/mol. The summed E-state index contributed by atoms with van der Waals surface area (Å²) in [5.41, 5.74) is 7.88. The maximum atomic E-state index is 12.5. The van der Waals surface area contributed by atoms with Gasteiger partial charge >= 0.3 is 0 Å². The number of likely N-dealkylation sites (N-methyl/N-ethyl adjacent to an activating group) is 1. The summed E-state index contributed by atoms with van der Waals surface area (Å²) in [6, 6.07) is 5.28. The average Bonchev–Trinajstić information content (AvgIpc) is 2.40. The van der Waals surface area contributed by atoms with E-state index in [0.717, 1.165) is 31.2 Å². The van der Waals surface area contributed by atoms with Crippen molar-refractivity contribution in [2.75, 3.05) is 12.8 Å². The Morgan fingerprint density at radius 2 is 2.05 bits per heavy atom. The van der Waals surface area contributed by atoms with Gasteiger partial charge in [0.05, 0.1) is 12.1 Å². The topological polar surface area (TPSA) is 66.6 Å². The molecule has 0 aliphatic heterocycles. The Labute approximate surface area is 114 Å². The van der Waals surface area contributed by atoms with Crippen molar-refractivity contribution >= 4 is 11.6 Å². The number of nitrogens with two attached hydrogens (primary N) is 1. The fourth-order valence-electron chi connectivity index (χ4n) is 2.75. The van der Waals surface area contributed by atoms with Crippen LogP contribution in [0.3, 0.4) is 0 Å². The van der Waals surface area contributed by atoms with E-state index in [1.165, 1.54) is 0 Å². The van der Waals surface area contributed by atoms with Crippen LogP contribution in [0.15, 0.2) is 18.2 Å². The van der Waals surface area contributed by atoms with Gasteiger partial charge < -0.3 is 15.7 Å². The van der Waals surface area contributed by atoms with Crippen LogP contribution in [0.4, 0.5) is 5.69 Å². The van der Waals surface area contributed by atoms with E-state index in [1.54, 1.807) is 24.1 Å². The maximum absolute atomic E-state index is 12.5. The third-order valence-electron chi connectivity index (χ3n) is 4.00. The average molecular weight is 262 g/mol. The van der Waals surface area contributed by atoms with Gasteiger partial charge in [-0.15, -0.1) is 0 Å². The Hall–Kier alpha value is -1.55. The number of anilines is 1. The summed E-state index contributed by atoms with van der Waals surface area (Å²) in [6.45, 7) is 1.90. The summed E-state index contributed by atoms with van der Waals surface area (Å²) in [7, 11) is 1.77. The highest BCUT2D eigenvalue weighted by Gasteiger charge is 2.30. The summed E-state index contributed by atoms with van der Waals surface area (Å²) in [6.07, 6.45) is 3.33. The Morgan fingerprint density at radius 1 is 1.37 bits per heavy atom. The highest BCUT2D eigenvalue weighted by atomic mass is 16.3. The van der Waals surface area contributed by atoms with Crippen LogP contribution in [0.1, 0.15) is 41.6 Å². The lowest BCUT2D eigenvalue weighted by atomic mass is 9.91. The van der Waals surface area contributed by atoms with Gasteiger partial charge in [-0.05, 0) is 37.5 Å². The molecule has 2 unspecified atom stereocenters. The zero-order chi connectivity index (χ0) is 14.0. The van der Waals surface area contributed by atoms with E-state index >= 15 is 0 Å². The molecule has 19 heavy (non-hydrogen) atoms. The largest absolute Gasteiger partial charge is 0.399 e. The molecule has 0 aromatic heterocycles. The van der Waals surface area contributed by atoms with Gasteiger partial charge in [0.1, 0.15) is 0 Å². The molecule has 4 nitrogen and oxygen atoms in total. The number of hydrogen-bond donors (Lipinski definition) is 2. The highest BCUT2D eigenvalue weighted by Crippen LogP contribution is 2.24. The number of aliphatic hydroxyl groups is 1. The van der Waals surface area contributed by atoms with Crippen molar-refractivity contribution in [1.29, 1.82) is 0 Å². The first-order valence-electron chi connectivity index (χ1n) is 6.82. The van der Waals surface area contributed by atoms with Gasteiger partial charge in [-0.2, -0.15) is 0 Å². The number of aryl methyl sites for hydroxylation is 1. The molecule has 0 spiro atoms. The van der Waals surface area contributed by atoms with E-state index in [1.807, 2.05) is 13.0 Å². The van der Waals surface area contributed by atoms with E-state index in [9.17, 15) is 9.90 Å². The van der Waals surface area contributed by atoms with Crippen LogP contribution in [0, 0.1) is 6.92 Å². The molecule has 1 aliphatic rings. The number of carbonyl (C=O) groups is 1. The first kappa shape index (κ1) is 13.9. The number of benzene rings is 1. The molecule has 1 aromatic rings. The van der Waals surface area contributed by atoms with Crippen molar-refractivity contribution in [2.24, 2.45) is 0 Å². The Bertz CT molecular complexity index is 473. The van der Waals surface area contributed by atoms with Crippen molar-refractivity contribution < 1.29 is 9.90 Å². The molecular formula is C15H22N2O2. The third-order valence-corrected chi connectivity index (χ3v) is 4.00. The number of carbonyl (C=O) groups excluding carboxylic acids is 1. The summed E-state index contributed by atoms with van der Waals surface area (Å²) >= 11 is 0. The standard InChI is InChI=1S/C15H22N2O2/c1-10-7-8-11(16)9-12(10)15(19)17(2)13-5-3-4-6-14(13)18/h7-9,13-14,18H,3-6,16H2,1-2H3. The number of nitrogen functional groups attached to an aromatic ring is 1. The second-order valence-electron chi connectivity index (χ2n) is 5.41. The minimum Gasteiger partial charge on any atom is -0.399 e. The van der Waals surface area contributed by atoms with Crippen molar-refractivity contribution in [2.45, 2.75) is 44.8 Å². The number of aliphatic hydroxyl groups excluding tert-OH is 1. The van der Waals surface area contributed by atoms with E-state index in [2.05, 4.69) is 0 Å². The van der Waals surface area contributed by atoms with Gasteiger partial charge in [-0.25, -0.2) is 0 Å². The van der Waals surface area contributed by atoms with Gasteiger partial charge in [-0.3, -0.25) is 4.79 Å². The molecule has 2 rings (SSSR count). The molecule has 0 radical (unpaired) electrons. The Kier molecular flexibility index (Phi) is 4.10. The Morgan fingerprint density at radius 3 is 2.74 bits per heavy atom. The van der Waals surface area contributed by atoms with Gasteiger partial charge in [0, 0.05) is 18.3 Å². The summed E-state index contributed by atoms with van der Waals surface area (Å²) < 4.78 is 0. The number of nitrogens with zero attached hydrogens (tertiary/aromatic N) is 1. The van der Waals surface area contributed by atoms with Crippen molar-refractivity contribution in [3.63, 3.8) is 0 Å². The fourth-order valence-corrected chi connectivity index (χ4v) is 2.75. The zero-order valence-electron chi connectivity index (χ0n) is 11.6. The summed E-state index contributed by atoms with van der Waals surface area (Å²) in [4.78, 5) is 14.2. The highest BCUT2D eigenvalue weighted by molar-refractivity contribution is 5.96. The summed E-state index contributed by atoms with van der Waals surface area (Å²) in [5, 5.41) is 10.0. The minimum atomic E-state index is -0.413. The monoisotopic (exact) mass is 262 g/mol. The molecule has 0 saturated heterocycles. The molecular weight excluding hydrogens is 240 g/mol. The van der Waals surface area contributed by atoms with Crippen LogP contribution < -0.4 is 5.73 Å². The smallest absolute Gasteiger partial charge is 0.254 e. The third kappa shape index (κ3) is 2.89. The van der Waals surface area contributed by atoms with Crippen LogP contribution >= 0.6 is 0 Å². The van der Waals surface area contributed by atoms with E-state index in [4.69, 9.17) is 5.73 Å². The number of rotatable bonds is 2. The molecule has 3 N–H and O–H groups in total. The lowest BCUT2D eigenvalue weighted by molar-refractivity contribution is 0.0267. The van der Waals surface area contributed by atoms with Crippen LogP contribution in [0.5, 0.6) is 0 Å². The fraction of sp³-hybridized carbons (Fsp3) is 0.533. The van der Waals surface area contributed by atoms with E-state index in [0.29, 0.717) is 11.3 Å². The Balaban J connectivity index is 2.20. The molecule has 2 atom stereocenters.